The van der Waals surface area contributed by atoms with Crippen molar-refractivity contribution in [3.63, 3.8) is 0 Å². The van der Waals surface area contributed by atoms with Crippen molar-refractivity contribution in [3.8, 4) is 0 Å². The van der Waals surface area contributed by atoms with Gasteiger partial charge in [0.25, 0.3) is 5.69 Å². The average molecular weight is 398 g/mol. The topological polar surface area (TPSA) is 92.6 Å². The molecule has 0 spiro atoms. The third kappa shape index (κ3) is 4.58. The van der Waals surface area contributed by atoms with Crippen LogP contribution in [0.4, 0.5) is 5.69 Å². The highest BCUT2D eigenvalue weighted by atomic mass is 35.5. The van der Waals surface area contributed by atoms with E-state index in [1.165, 1.54) is 16.4 Å². The number of nitro groups is 1. The first-order chi connectivity index (χ1) is 10.9. The van der Waals surface area contributed by atoms with Crippen molar-refractivity contribution >= 4 is 39.7 Å². The lowest BCUT2D eigenvalue weighted by molar-refractivity contribution is -0.387. The Morgan fingerprint density at radius 3 is 2.54 bits per heavy atom. The molecule has 1 saturated heterocycles. The largest absolute Gasteiger partial charge is 0.317 e. The van der Waals surface area contributed by atoms with E-state index in [0.29, 0.717) is 25.8 Å². The van der Waals surface area contributed by atoms with E-state index in [4.69, 9.17) is 11.6 Å². The lowest BCUT2D eigenvalue weighted by Crippen LogP contribution is -2.46. The van der Waals surface area contributed by atoms with Gasteiger partial charge in [-0.25, -0.2) is 8.42 Å². The highest BCUT2D eigenvalue weighted by Crippen LogP contribution is 2.31. The fraction of sp³-hybridized carbons (Fsp3) is 0.571. The molecule has 1 aliphatic heterocycles. The summed E-state index contributed by atoms with van der Waals surface area (Å²) in [6.07, 6.45) is 2.03. The van der Waals surface area contributed by atoms with Crippen molar-refractivity contribution in [1.29, 1.82) is 0 Å². The molecule has 136 valence electrons. The van der Waals surface area contributed by atoms with Crippen molar-refractivity contribution in [3.05, 3.63) is 33.3 Å². The van der Waals surface area contributed by atoms with Crippen molar-refractivity contribution < 1.29 is 13.3 Å². The van der Waals surface area contributed by atoms with Crippen molar-refractivity contribution in [2.45, 2.75) is 37.1 Å². The molecule has 10 heteroatoms. The van der Waals surface area contributed by atoms with E-state index in [9.17, 15) is 18.5 Å². The zero-order chi connectivity index (χ0) is 17.0. The maximum absolute atomic E-state index is 13.0. The van der Waals surface area contributed by atoms with Crippen molar-refractivity contribution in [2.24, 2.45) is 0 Å². The van der Waals surface area contributed by atoms with E-state index < -0.39 is 20.6 Å². The van der Waals surface area contributed by atoms with Gasteiger partial charge in [0.05, 0.1) is 4.92 Å². The van der Waals surface area contributed by atoms with Gasteiger partial charge in [-0.1, -0.05) is 18.5 Å². The van der Waals surface area contributed by atoms with E-state index in [1.54, 1.807) is 0 Å². The predicted octanol–water partition coefficient (Wildman–Crippen LogP) is 2.82. The summed E-state index contributed by atoms with van der Waals surface area (Å²) in [5.74, 6) is 0. The standard InChI is InChI=1S/C14H20ClN3O4S.ClH/c1-2-9-17(12-5-7-16-8-6-12)23(21,22)14-4-3-11(15)10-13(14)18(19)20;/h3-4,10,12,16H,2,5-9H2,1H3;1H. The third-order valence-electron chi connectivity index (χ3n) is 3.86. The number of piperidine rings is 1. The molecule has 0 radical (unpaired) electrons. The van der Waals surface area contributed by atoms with Gasteiger partial charge in [-0.3, -0.25) is 10.1 Å². The molecular formula is C14H21Cl2N3O4S. The van der Waals surface area contributed by atoms with E-state index in [-0.39, 0.29) is 28.4 Å². The lowest BCUT2D eigenvalue weighted by Gasteiger charge is -2.33. The Kier molecular flexibility index (Phi) is 7.88. The fourth-order valence-corrected chi connectivity index (χ4v) is 4.87. The molecule has 1 heterocycles. The summed E-state index contributed by atoms with van der Waals surface area (Å²) in [5, 5.41) is 14.6. The second kappa shape index (κ2) is 8.96. The Labute approximate surface area is 153 Å². The number of halogens is 2. The summed E-state index contributed by atoms with van der Waals surface area (Å²) in [6.45, 7) is 3.71. The minimum absolute atomic E-state index is 0. The number of sulfonamides is 1. The number of nitrogens with zero attached hydrogens (tertiary/aromatic N) is 2. The zero-order valence-corrected chi connectivity index (χ0v) is 15.7. The van der Waals surface area contributed by atoms with Crippen LogP contribution < -0.4 is 5.32 Å². The molecular weight excluding hydrogens is 377 g/mol. The molecule has 1 fully saturated rings. The number of nitro benzene ring substituents is 1. The highest BCUT2D eigenvalue weighted by molar-refractivity contribution is 7.89. The van der Waals surface area contributed by atoms with Gasteiger partial charge in [0.1, 0.15) is 0 Å². The second-order valence-electron chi connectivity index (χ2n) is 5.47. The Hall–Kier alpha value is -0.930. The van der Waals surface area contributed by atoms with Gasteiger partial charge in [-0.15, -0.1) is 12.4 Å². The molecule has 1 N–H and O–H groups in total. The van der Waals surface area contributed by atoms with Crippen LogP contribution in [0.1, 0.15) is 26.2 Å². The maximum atomic E-state index is 13.0. The Morgan fingerprint density at radius 1 is 1.38 bits per heavy atom. The number of benzene rings is 1. The van der Waals surface area contributed by atoms with Crippen molar-refractivity contribution in [2.75, 3.05) is 19.6 Å². The number of hydrogen-bond acceptors (Lipinski definition) is 5. The molecule has 2 rings (SSSR count). The summed E-state index contributed by atoms with van der Waals surface area (Å²) in [7, 11) is -3.95. The minimum atomic E-state index is -3.95. The Bertz CT molecular complexity index is 679. The highest BCUT2D eigenvalue weighted by Gasteiger charge is 2.36. The summed E-state index contributed by atoms with van der Waals surface area (Å²) in [6, 6.07) is 3.53. The lowest BCUT2D eigenvalue weighted by atomic mass is 10.1. The number of hydrogen-bond donors (Lipinski definition) is 1. The second-order valence-corrected chi connectivity index (χ2v) is 7.76. The quantitative estimate of drug-likeness (QED) is 0.588. The van der Waals surface area contributed by atoms with E-state index in [2.05, 4.69) is 5.32 Å². The van der Waals surface area contributed by atoms with E-state index in [0.717, 1.165) is 19.2 Å². The molecule has 0 amide bonds. The Morgan fingerprint density at radius 2 is 2.00 bits per heavy atom. The molecule has 0 bridgehead atoms. The van der Waals surface area contributed by atoms with Gasteiger partial charge >= 0.3 is 0 Å². The monoisotopic (exact) mass is 397 g/mol. The van der Waals surface area contributed by atoms with Crippen LogP contribution >= 0.6 is 24.0 Å². The summed E-state index contributed by atoms with van der Waals surface area (Å²) in [4.78, 5) is 10.2. The third-order valence-corrected chi connectivity index (χ3v) is 6.10. The van der Waals surface area contributed by atoms with E-state index in [1.807, 2.05) is 6.92 Å². The summed E-state index contributed by atoms with van der Waals surface area (Å²) < 4.78 is 27.4. The normalized spacial score (nSPS) is 16.0. The van der Waals surface area contributed by atoms with Crippen LogP contribution in [0.2, 0.25) is 5.02 Å². The maximum Gasteiger partial charge on any atom is 0.290 e. The average Bonchev–Trinajstić information content (AvgIpc) is 2.52. The number of rotatable bonds is 6. The molecule has 24 heavy (non-hydrogen) atoms. The molecule has 1 aromatic carbocycles. The molecule has 0 saturated carbocycles. The first-order valence-corrected chi connectivity index (χ1v) is 9.36. The van der Waals surface area contributed by atoms with Crippen LogP contribution in [0.25, 0.3) is 0 Å². The SMILES string of the molecule is CCCN(C1CCNCC1)S(=O)(=O)c1ccc(Cl)cc1[N+](=O)[O-].Cl. The van der Waals surface area contributed by atoms with Gasteiger partial charge in [-0.2, -0.15) is 4.31 Å². The molecule has 0 aromatic heterocycles. The molecule has 0 aliphatic carbocycles. The van der Waals surface area contributed by atoms with Gasteiger partial charge in [0.2, 0.25) is 10.0 Å². The van der Waals surface area contributed by atoms with Crippen LogP contribution in [0.5, 0.6) is 0 Å². The van der Waals surface area contributed by atoms with Crippen LogP contribution in [0.15, 0.2) is 23.1 Å². The first-order valence-electron chi connectivity index (χ1n) is 7.54. The van der Waals surface area contributed by atoms with Gasteiger partial charge in [-0.05, 0) is 44.5 Å². The van der Waals surface area contributed by atoms with E-state index >= 15 is 0 Å². The predicted molar refractivity (Wildman–Crippen MR) is 95.4 cm³/mol. The van der Waals surface area contributed by atoms with Crippen molar-refractivity contribution in [1.82, 2.24) is 9.62 Å². The fourth-order valence-electron chi connectivity index (χ4n) is 2.79. The zero-order valence-electron chi connectivity index (χ0n) is 13.3. The van der Waals surface area contributed by atoms with Crippen LogP contribution in [0, 0.1) is 10.1 Å². The van der Waals surface area contributed by atoms with Gasteiger partial charge in [0, 0.05) is 23.7 Å². The summed E-state index contributed by atoms with van der Waals surface area (Å²) in [5.41, 5.74) is -0.479. The molecule has 0 atom stereocenters. The Balaban J connectivity index is 0.00000288. The van der Waals surface area contributed by atoms with Crippen LogP contribution in [-0.4, -0.2) is 43.3 Å². The number of nitrogens with one attached hydrogen (secondary N) is 1. The first kappa shape index (κ1) is 21.1. The molecule has 7 nitrogen and oxygen atoms in total. The molecule has 1 aromatic rings. The van der Waals surface area contributed by atoms with Crippen LogP contribution in [-0.2, 0) is 10.0 Å². The molecule has 0 unspecified atom stereocenters. The van der Waals surface area contributed by atoms with Crippen LogP contribution in [0.3, 0.4) is 0 Å². The summed E-state index contributed by atoms with van der Waals surface area (Å²) >= 11 is 5.78. The minimum Gasteiger partial charge on any atom is -0.317 e. The molecule has 1 aliphatic rings. The van der Waals surface area contributed by atoms with Gasteiger partial charge < -0.3 is 5.32 Å². The smallest absolute Gasteiger partial charge is 0.290 e. The van der Waals surface area contributed by atoms with Gasteiger partial charge in [0.15, 0.2) is 4.90 Å².